The third kappa shape index (κ3) is 3.34. The zero-order valence-corrected chi connectivity index (χ0v) is 11.6. The predicted molar refractivity (Wildman–Crippen MR) is 69.3 cm³/mol. The molecule has 6 heteroatoms. The van der Waals surface area contributed by atoms with E-state index >= 15 is 0 Å². The first-order valence-corrected chi connectivity index (χ1v) is 8.44. The second-order valence-electron chi connectivity index (χ2n) is 5.03. The highest BCUT2D eigenvalue weighted by Crippen LogP contribution is 2.27. The molecule has 2 unspecified atom stereocenters. The molecule has 0 radical (unpaired) electrons. The molecule has 0 spiro atoms. The number of rotatable bonds is 4. The molecule has 4 nitrogen and oxygen atoms in total. The Labute approximate surface area is 109 Å². The summed E-state index contributed by atoms with van der Waals surface area (Å²) in [5.74, 6) is 0.851. The van der Waals surface area contributed by atoms with Gasteiger partial charge in [0.05, 0.1) is 0 Å². The Morgan fingerprint density at radius 1 is 1.12 bits per heavy atom. The highest BCUT2D eigenvalue weighted by atomic mass is 35.5. The fourth-order valence-corrected chi connectivity index (χ4v) is 4.70. The molecule has 2 atom stereocenters. The minimum Gasteiger partial charge on any atom is -0.199 e. The molecule has 0 aromatic heterocycles. The highest BCUT2D eigenvalue weighted by molar-refractivity contribution is 7.87. The Bertz CT molecular complexity index is 341. The van der Waals surface area contributed by atoms with Crippen LogP contribution in [0.2, 0.25) is 0 Å². The molecule has 2 fully saturated rings. The largest absolute Gasteiger partial charge is 0.279 e. The van der Waals surface area contributed by atoms with Gasteiger partial charge in [0.1, 0.15) is 0 Å². The SMILES string of the molecule is O=S(=O)(NC1CCCC1CCl)N1CCCCC1. The van der Waals surface area contributed by atoms with Crippen LogP contribution in [0.15, 0.2) is 0 Å². The van der Waals surface area contributed by atoms with E-state index < -0.39 is 10.2 Å². The van der Waals surface area contributed by atoms with Crippen molar-refractivity contribution in [1.29, 1.82) is 0 Å². The molecule has 2 aliphatic rings. The molecule has 0 aromatic carbocycles. The van der Waals surface area contributed by atoms with Crippen molar-refractivity contribution in [1.82, 2.24) is 9.03 Å². The van der Waals surface area contributed by atoms with E-state index in [1.165, 1.54) is 0 Å². The van der Waals surface area contributed by atoms with E-state index in [1.807, 2.05) is 0 Å². The van der Waals surface area contributed by atoms with Crippen LogP contribution in [0.3, 0.4) is 0 Å². The smallest absolute Gasteiger partial charge is 0.199 e. The first-order valence-electron chi connectivity index (χ1n) is 6.47. The van der Waals surface area contributed by atoms with E-state index in [2.05, 4.69) is 4.72 Å². The standard InChI is InChI=1S/C11H21ClN2O2S/c12-9-10-5-4-6-11(10)13-17(15,16)14-7-2-1-3-8-14/h10-11,13H,1-9H2. The number of piperidine rings is 1. The predicted octanol–water partition coefficient (Wildman–Crippen LogP) is 1.71. The van der Waals surface area contributed by atoms with E-state index in [1.54, 1.807) is 4.31 Å². The summed E-state index contributed by atoms with van der Waals surface area (Å²) in [6, 6.07) is 0.0411. The van der Waals surface area contributed by atoms with Crippen molar-refractivity contribution >= 4 is 21.8 Å². The Balaban J connectivity index is 1.96. The van der Waals surface area contributed by atoms with E-state index in [0.29, 0.717) is 24.9 Å². The Kier molecular flexibility index (Phi) is 4.69. The number of alkyl halides is 1. The molecule has 2 rings (SSSR count). The molecule has 1 saturated carbocycles. The maximum atomic E-state index is 12.2. The van der Waals surface area contributed by atoms with Crippen molar-refractivity contribution in [3.8, 4) is 0 Å². The summed E-state index contributed by atoms with van der Waals surface area (Å²) in [4.78, 5) is 0. The van der Waals surface area contributed by atoms with Gasteiger partial charge in [-0.2, -0.15) is 17.4 Å². The van der Waals surface area contributed by atoms with Crippen molar-refractivity contribution < 1.29 is 8.42 Å². The third-order valence-electron chi connectivity index (χ3n) is 3.81. The Morgan fingerprint density at radius 2 is 1.82 bits per heavy atom. The molecule has 0 bridgehead atoms. The molecule has 1 heterocycles. The lowest BCUT2D eigenvalue weighted by molar-refractivity contribution is 0.334. The zero-order valence-electron chi connectivity index (χ0n) is 10.1. The molecule has 17 heavy (non-hydrogen) atoms. The zero-order chi connectivity index (χ0) is 12.3. The summed E-state index contributed by atoms with van der Waals surface area (Å²) < 4.78 is 28.8. The van der Waals surface area contributed by atoms with Crippen LogP contribution in [0, 0.1) is 5.92 Å². The lowest BCUT2D eigenvalue weighted by Crippen LogP contribution is -2.48. The quantitative estimate of drug-likeness (QED) is 0.797. The van der Waals surface area contributed by atoms with Gasteiger partial charge in [0.15, 0.2) is 0 Å². The third-order valence-corrected chi connectivity index (χ3v) is 5.85. The maximum Gasteiger partial charge on any atom is 0.279 e. The average Bonchev–Trinajstić information content (AvgIpc) is 2.77. The van der Waals surface area contributed by atoms with Crippen LogP contribution < -0.4 is 4.72 Å². The molecule has 100 valence electrons. The maximum absolute atomic E-state index is 12.2. The van der Waals surface area contributed by atoms with E-state index in [-0.39, 0.29) is 6.04 Å². The Hall–Kier alpha value is 0.160. The van der Waals surface area contributed by atoms with Crippen LogP contribution in [0.25, 0.3) is 0 Å². The number of hydrogen-bond donors (Lipinski definition) is 1. The van der Waals surface area contributed by atoms with Crippen molar-refractivity contribution in [2.75, 3.05) is 19.0 Å². The number of halogens is 1. The van der Waals surface area contributed by atoms with Crippen molar-refractivity contribution in [2.45, 2.75) is 44.6 Å². The van der Waals surface area contributed by atoms with E-state index in [4.69, 9.17) is 11.6 Å². The van der Waals surface area contributed by atoms with Gasteiger partial charge in [0, 0.05) is 25.0 Å². The lowest BCUT2D eigenvalue weighted by Gasteiger charge is -2.28. The van der Waals surface area contributed by atoms with Gasteiger partial charge in [0.25, 0.3) is 10.2 Å². The summed E-state index contributed by atoms with van der Waals surface area (Å²) in [6.45, 7) is 1.32. The van der Waals surface area contributed by atoms with Crippen LogP contribution in [-0.4, -0.2) is 37.7 Å². The fourth-order valence-electron chi connectivity index (χ4n) is 2.75. The second-order valence-corrected chi connectivity index (χ2v) is 7.05. The minimum absolute atomic E-state index is 0.0411. The monoisotopic (exact) mass is 280 g/mol. The lowest BCUT2D eigenvalue weighted by atomic mass is 10.1. The van der Waals surface area contributed by atoms with Gasteiger partial charge in [-0.3, -0.25) is 0 Å². The van der Waals surface area contributed by atoms with Crippen LogP contribution in [-0.2, 0) is 10.2 Å². The molecule has 1 N–H and O–H groups in total. The summed E-state index contributed by atoms with van der Waals surface area (Å²) in [7, 11) is -3.29. The van der Waals surface area contributed by atoms with Crippen LogP contribution in [0.1, 0.15) is 38.5 Å². The summed E-state index contributed by atoms with van der Waals surface area (Å²) in [5.41, 5.74) is 0. The molecular weight excluding hydrogens is 260 g/mol. The number of nitrogens with zero attached hydrogens (tertiary/aromatic N) is 1. The van der Waals surface area contributed by atoms with Crippen molar-refractivity contribution in [2.24, 2.45) is 5.92 Å². The van der Waals surface area contributed by atoms with Crippen molar-refractivity contribution in [3.05, 3.63) is 0 Å². The van der Waals surface area contributed by atoms with Gasteiger partial charge in [0.2, 0.25) is 0 Å². The van der Waals surface area contributed by atoms with Gasteiger partial charge < -0.3 is 0 Å². The van der Waals surface area contributed by atoms with Crippen LogP contribution in [0.5, 0.6) is 0 Å². The van der Waals surface area contributed by atoms with Crippen LogP contribution in [0.4, 0.5) is 0 Å². The van der Waals surface area contributed by atoms with Gasteiger partial charge in [-0.05, 0) is 31.6 Å². The highest BCUT2D eigenvalue weighted by Gasteiger charge is 2.32. The first kappa shape index (κ1) is 13.6. The Morgan fingerprint density at radius 3 is 2.47 bits per heavy atom. The second kappa shape index (κ2) is 5.87. The van der Waals surface area contributed by atoms with Gasteiger partial charge in [-0.15, -0.1) is 11.6 Å². The summed E-state index contributed by atoms with van der Waals surface area (Å²) in [5, 5.41) is 0. The number of hydrogen-bond acceptors (Lipinski definition) is 2. The average molecular weight is 281 g/mol. The van der Waals surface area contributed by atoms with E-state index in [0.717, 1.165) is 38.5 Å². The summed E-state index contributed by atoms with van der Waals surface area (Å²) >= 11 is 5.87. The minimum atomic E-state index is -3.29. The molecule has 1 saturated heterocycles. The van der Waals surface area contributed by atoms with E-state index in [9.17, 15) is 8.42 Å². The topological polar surface area (TPSA) is 49.4 Å². The van der Waals surface area contributed by atoms with Crippen LogP contribution >= 0.6 is 11.6 Å². The van der Waals surface area contributed by atoms with Gasteiger partial charge in [-0.25, -0.2) is 0 Å². The molecule has 0 amide bonds. The molecule has 0 aromatic rings. The summed E-state index contributed by atoms with van der Waals surface area (Å²) in [6.07, 6.45) is 6.13. The molecule has 1 aliphatic heterocycles. The number of nitrogens with one attached hydrogen (secondary N) is 1. The molecule has 1 aliphatic carbocycles. The first-order chi connectivity index (χ1) is 8.13. The fraction of sp³-hybridized carbons (Fsp3) is 1.00. The molecular formula is C11H21ClN2O2S. The normalized spacial score (nSPS) is 31.8. The van der Waals surface area contributed by atoms with Gasteiger partial charge in [-0.1, -0.05) is 12.8 Å². The van der Waals surface area contributed by atoms with Crippen molar-refractivity contribution in [3.63, 3.8) is 0 Å². The van der Waals surface area contributed by atoms with Gasteiger partial charge >= 0.3 is 0 Å².